The Kier molecular flexibility index (Phi) is 5.19. The maximum absolute atomic E-state index is 11.1. The van der Waals surface area contributed by atoms with Gasteiger partial charge in [0.05, 0.1) is 39.8 Å². The molecule has 2 N–H and O–H groups in total. The highest BCUT2D eigenvalue weighted by molar-refractivity contribution is 6.34. The second-order valence-electron chi connectivity index (χ2n) is 6.11. The summed E-state index contributed by atoms with van der Waals surface area (Å²) in [6.07, 6.45) is 0.0411. The first-order valence-electron chi connectivity index (χ1n) is 8.43. The molecule has 2 heterocycles. The number of aromatic amines is 1. The first kappa shape index (κ1) is 19.3. The highest BCUT2D eigenvalue weighted by Crippen LogP contribution is 2.41. The summed E-state index contributed by atoms with van der Waals surface area (Å²) in [4.78, 5) is 18.4. The summed E-state index contributed by atoms with van der Waals surface area (Å²) in [7, 11) is 1.50. The van der Waals surface area contributed by atoms with E-state index in [4.69, 9.17) is 42.5 Å². The number of hydrogen-bond donors (Lipinski definition) is 2. The SMILES string of the molecule is COCc1c(OC(=O)O)ncc2[nH]c3cccc(Oc4cc(Cl)ccc4Cl)c3c12. The van der Waals surface area contributed by atoms with Crippen molar-refractivity contribution >= 4 is 51.2 Å². The van der Waals surface area contributed by atoms with Gasteiger partial charge in [-0.05, 0) is 24.3 Å². The molecule has 0 aliphatic heterocycles. The topological polar surface area (TPSA) is 93.7 Å². The third-order valence-electron chi connectivity index (χ3n) is 4.27. The van der Waals surface area contributed by atoms with Gasteiger partial charge in [0.15, 0.2) is 0 Å². The number of fused-ring (bicyclic) bond motifs is 3. The van der Waals surface area contributed by atoms with Crippen LogP contribution in [0.2, 0.25) is 10.0 Å². The van der Waals surface area contributed by atoms with E-state index >= 15 is 0 Å². The predicted octanol–water partition coefficient (Wildman–Crippen LogP) is 6.02. The van der Waals surface area contributed by atoms with Crippen molar-refractivity contribution < 1.29 is 24.1 Å². The predicted molar refractivity (Wildman–Crippen MR) is 110 cm³/mol. The van der Waals surface area contributed by atoms with Gasteiger partial charge >= 0.3 is 6.16 Å². The second kappa shape index (κ2) is 7.79. The number of aromatic nitrogens is 2. The molecule has 0 saturated heterocycles. The maximum Gasteiger partial charge on any atom is 0.512 e. The van der Waals surface area contributed by atoms with Gasteiger partial charge in [-0.15, -0.1) is 0 Å². The van der Waals surface area contributed by atoms with E-state index in [1.54, 1.807) is 24.3 Å². The molecule has 0 unspecified atom stereocenters. The van der Waals surface area contributed by atoms with Crippen LogP contribution in [0.4, 0.5) is 4.79 Å². The molecule has 2 aromatic carbocycles. The molecule has 4 aromatic rings. The summed E-state index contributed by atoms with van der Waals surface area (Å²) in [5.41, 5.74) is 1.92. The molecule has 7 nitrogen and oxygen atoms in total. The standard InChI is InChI=1S/C20H14Cl2N2O5/c1-27-9-11-17-14(8-23-19(11)29-20(25)26)24-13-3-2-4-15(18(13)17)28-16-7-10(21)5-6-12(16)22/h2-8,24H,9H2,1H3,(H,25,26). The lowest BCUT2D eigenvalue weighted by Crippen LogP contribution is -2.07. The molecule has 29 heavy (non-hydrogen) atoms. The molecule has 148 valence electrons. The van der Waals surface area contributed by atoms with E-state index < -0.39 is 6.16 Å². The number of nitrogens with zero attached hydrogens (tertiary/aromatic N) is 1. The number of halogens is 2. The third-order valence-corrected chi connectivity index (χ3v) is 4.82. The van der Waals surface area contributed by atoms with Crippen molar-refractivity contribution in [2.75, 3.05) is 7.11 Å². The quantitative estimate of drug-likeness (QED) is 0.374. The van der Waals surface area contributed by atoms with E-state index in [9.17, 15) is 4.79 Å². The molecular weight excluding hydrogens is 419 g/mol. The van der Waals surface area contributed by atoms with Crippen LogP contribution in [0.5, 0.6) is 17.4 Å². The number of carbonyl (C=O) groups is 1. The number of ether oxygens (including phenoxy) is 3. The van der Waals surface area contributed by atoms with Crippen molar-refractivity contribution in [2.24, 2.45) is 0 Å². The van der Waals surface area contributed by atoms with Crippen LogP contribution in [-0.4, -0.2) is 28.3 Å². The Morgan fingerprint density at radius 1 is 1.14 bits per heavy atom. The zero-order valence-corrected chi connectivity index (χ0v) is 16.5. The van der Waals surface area contributed by atoms with E-state index in [2.05, 4.69) is 9.97 Å². The molecule has 0 amide bonds. The fraction of sp³-hybridized carbons (Fsp3) is 0.100. The molecule has 2 aromatic heterocycles. The lowest BCUT2D eigenvalue weighted by molar-refractivity contribution is 0.139. The van der Waals surface area contributed by atoms with Gasteiger partial charge in [-0.1, -0.05) is 29.3 Å². The van der Waals surface area contributed by atoms with Gasteiger partial charge in [-0.25, -0.2) is 9.78 Å². The third kappa shape index (κ3) is 3.67. The van der Waals surface area contributed by atoms with E-state index in [1.807, 2.05) is 12.1 Å². The Balaban J connectivity index is 1.97. The van der Waals surface area contributed by atoms with Gasteiger partial charge in [-0.2, -0.15) is 0 Å². The summed E-state index contributed by atoms with van der Waals surface area (Å²) in [6, 6.07) is 10.4. The van der Waals surface area contributed by atoms with E-state index in [1.165, 1.54) is 13.3 Å². The minimum atomic E-state index is -1.46. The van der Waals surface area contributed by atoms with Crippen molar-refractivity contribution in [2.45, 2.75) is 6.61 Å². The van der Waals surface area contributed by atoms with Crippen molar-refractivity contribution in [1.82, 2.24) is 9.97 Å². The zero-order chi connectivity index (χ0) is 20.5. The molecule has 0 saturated carbocycles. The highest BCUT2D eigenvalue weighted by Gasteiger charge is 2.20. The minimum Gasteiger partial charge on any atom is -0.455 e. The lowest BCUT2D eigenvalue weighted by atomic mass is 10.1. The number of methoxy groups -OCH3 is 1. The number of hydrogen-bond acceptors (Lipinski definition) is 5. The zero-order valence-electron chi connectivity index (χ0n) is 15.0. The summed E-state index contributed by atoms with van der Waals surface area (Å²) in [5.74, 6) is 0.844. The molecule has 0 atom stereocenters. The molecule has 0 radical (unpaired) electrons. The number of nitrogens with one attached hydrogen (secondary N) is 1. The Labute approximate surface area is 174 Å². The van der Waals surface area contributed by atoms with Crippen LogP contribution >= 0.6 is 23.2 Å². The van der Waals surface area contributed by atoms with E-state index in [-0.39, 0.29) is 12.5 Å². The van der Waals surface area contributed by atoms with Crippen LogP contribution in [0.25, 0.3) is 21.8 Å². The van der Waals surface area contributed by atoms with Crippen LogP contribution < -0.4 is 9.47 Å². The number of pyridine rings is 1. The highest BCUT2D eigenvalue weighted by atomic mass is 35.5. The van der Waals surface area contributed by atoms with Crippen molar-refractivity contribution in [3.63, 3.8) is 0 Å². The molecule has 0 bridgehead atoms. The molecule has 0 fully saturated rings. The summed E-state index contributed by atoms with van der Waals surface area (Å²) in [6.45, 7) is 0.0894. The summed E-state index contributed by atoms with van der Waals surface area (Å²) < 4.78 is 16.2. The molecule has 0 spiro atoms. The largest absolute Gasteiger partial charge is 0.512 e. The average Bonchev–Trinajstić information content (AvgIpc) is 3.06. The molecule has 0 aliphatic carbocycles. The van der Waals surface area contributed by atoms with Crippen LogP contribution in [0, 0.1) is 0 Å². The lowest BCUT2D eigenvalue weighted by Gasteiger charge is -2.11. The monoisotopic (exact) mass is 432 g/mol. The first-order valence-corrected chi connectivity index (χ1v) is 9.18. The summed E-state index contributed by atoms with van der Waals surface area (Å²) in [5, 5.41) is 11.3. The number of H-pyrrole nitrogens is 1. The summed E-state index contributed by atoms with van der Waals surface area (Å²) >= 11 is 12.3. The van der Waals surface area contributed by atoms with E-state index in [0.717, 1.165) is 5.52 Å². The van der Waals surface area contributed by atoms with E-state index in [0.29, 0.717) is 43.4 Å². The molecule has 4 rings (SSSR count). The number of carboxylic acid groups (broad SMARTS) is 1. The fourth-order valence-electron chi connectivity index (χ4n) is 3.16. The molecule has 9 heteroatoms. The van der Waals surface area contributed by atoms with Crippen molar-refractivity contribution in [3.05, 3.63) is 58.2 Å². The smallest absolute Gasteiger partial charge is 0.455 e. The fourth-order valence-corrected chi connectivity index (χ4v) is 3.48. The van der Waals surface area contributed by atoms with Gasteiger partial charge in [0.2, 0.25) is 5.88 Å². The maximum atomic E-state index is 11.1. The minimum absolute atomic E-state index is 0.0525. The second-order valence-corrected chi connectivity index (χ2v) is 6.96. The normalized spacial score (nSPS) is 11.1. The number of benzene rings is 2. The average molecular weight is 433 g/mol. The van der Waals surface area contributed by atoms with Crippen LogP contribution in [0.3, 0.4) is 0 Å². The molecular formula is C20H14Cl2N2O5. The van der Waals surface area contributed by atoms with Crippen molar-refractivity contribution in [3.8, 4) is 17.4 Å². The first-order chi connectivity index (χ1) is 14.0. The Morgan fingerprint density at radius 3 is 2.72 bits per heavy atom. The van der Waals surface area contributed by atoms with Gasteiger partial charge in [0, 0.05) is 23.6 Å². The van der Waals surface area contributed by atoms with Gasteiger partial charge < -0.3 is 24.3 Å². The van der Waals surface area contributed by atoms with Crippen LogP contribution in [-0.2, 0) is 11.3 Å². The Morgan fingerprint density at radius 2 is 1.97 bits per heavy atom. The van der Waals surface area contributed by atoms with Gasteiger partial charge in [-0.3, -0.25) is 0 Å². The Bertz CT molecular complexity index is 1240. The molecule has 0 aliphatic rings. The van der Waals surface area contributed by atoms with Crippen LogP contribution in [0.15, 0.2) is 42.6 Å². The number of rotatable bonds is 5. The Hall–Kier alpha value is -3.00. The van der Waals surface area contributed by atoms with Gasteiger partial charge in [0.25, 0.3) is 0 Å². The van der Waals surface area contributed by atoms with Crippen LogP contribution in [0.1, 0.15) is 5.56 Å². The van der Waals surface area contributed by atoms with Crippen molar-refractivity contribution in [1.29, 1.82) is 0 Å². The van der Waals surface area contributed by atoms with Gasteiger partial charge in [0.1, 0.15) is 11.5 Å².